The minimum Gasteiger partial charge on any atom is -0.379 e. The van der Waals surface area contributed by atoms with Crippen LogP contribution in [0.4, 0.5) is 11.4 Å². The average molecular weight is 359 g/mol. The van der Waals surface area contributed by atoms with E-state index in [0.29, 0.717) is 0 Å². The van der Waals surface area contributed by atoms with Crippen molar-refractivity contribution in [3.63, 3.8) is 0 Å². The van der Waals surface area contributed by atoms with Crippen molar-refractivity contribution in [2.75, 3.05) is 31.6 Å². The number of carbonyl (C=O) groups excluding carboxylic acids is 1. The third-order valence-electron chi connectivity index (χ3n) is 4.12. The van der Waals surface area contributed by atoms with Crippen LogP contribution >= 0.6 is 0 Å². The normalized spacial score (nSPS) is 14.9. The number of aryl methyl sites for hydroxylation is 1. The van der Waals surface area contributed by atoms with Gasteiger partial charge in [0.1, 0.15) is 12.4 Å². The van der Waals surface area contributed by atoms with Crippen LogP contribution in [-0.2, 0) is 22.6 Å². The van der Waals surface area contributed by atoms with Crippen LogP contribution in [0.1, 0.15) is 12.0 Å². The lowest BCUT2D eigenvalue weighted by molar-refractivity contribution is -0.385. The molecule has 26 heavy (non-hydrogen) atoms. The summed E-state index contributed by atoms with van der Waals surface area (Å²) in [7, 11) is 0. The van der Waals surface area contributed by atoms with Crippen molar-refractivity contribution >= 4 is 17.3 Å². The number of nitrogens with one attached hydrogen (secondary N) is 1. The molecular formula is C17H21N5O4. The molecule has 3 rings (SSSR count). The first-order valence-electron chi connectivity index (χ1n) is 8.46. The van der Waals surface area contributed by atoms with Gasteiger partial charge in [-0.15, -0.1) is 0 Å². The van der Waals surface area contributed by atoms with Crippen molar-refractivity contribution in [2.24, 2.45) is 0 Å². The lowest BCUT2D eigenvalue weighted by Crippen LogP contribution is -2.35. The molecule has 1 amide bonds. The minimum absolute atomic E-state index is 0.0822. The highest BCUT2D eigenvalue weighted by molar-refractivity contribution is 5.90. The van der Waals surface area contributed by atoms with Crippen LogP contribution in [0.2, 0.25) is 0 Å². The topological polar surface area (TPSA) is 103 Å². The largest absolute Gasteiger partial charge is 0.379 e. The third-order valence-corrected chi connectivity index (χ3v) is 4.12. The van der Waals surface area contributed by atoms with E-state index < -0.39 is 4.92 Å². The summed E-state index contributed by atoms with van der Waals surface area (Å²) in [6, 6.07) is 7.77. The Hall–Kier alpha value is -2.78. The molecule has 1 N–H and O–H groups in total. The van der Waals surface area contributed by atoms with Crippen molar-refractivity contribution in [1.82, 2.24) is 14.7 Å². The van der Waals surface area contributed by atoms with Gasteiger partial charge >= 0.3 is 5.69 Å². The Morgan fingerprint density at radius 3 is 2.88 bits per heavy atom. The van der Waals surface area contributed by atoms with Crippen LogP contribution in [0.5, 0.6) is 0 Å². The van der Waals surface area contributed by atoms with Gasteiger partial charge < -0.3 is 10.1 Å². The molecule has 1 aliphatic heterocycles. The second kappa shape index (κ2) is 8.54. The van der Waals surface area contributed by atoms with Crippen molar-refractivity contribution in [2.45, 2.75) is 19.5 Å². The first-order chi connectivity index (χ1) is 12.6. The van der Waals surface area contributed by atoms with Gasteiger partial charge in [-0.25, -0.2) is 0 Å². The monoisotopic (exact) mass is 359 g/mol. The highest BCUT2D eigenvalue weighted by atomic mass is 16.6. The van der Waals surface area contributed by atoms with E-state index in [1.165, 1.54) is 17.1 Å². The second-order valence-electron chi connectivity index (χ2n) is 6.11. The molecule has 1 aromatic carbocycles. The average Bonchev–Trinajstić information content (AvgIpc) is 3.11. The van der Waals surface area contributed by atoms with Gasteiger partial charge in [0.25, 0.3) is 0 Å². The summed E-state index contributed by atoms with van der Waals surface area (Å²) in [5, 5.41) is 17.4. The van der Waals surface area contributed by atoms with Gasteiger partial charge in [-0.05, 0) is 17.7 Å². The van der Waals surface area contributed by atoms with Crippen LogP contribution < -0.4 is 5.32 Å². The highest BCUT2D eigenvalue weighted by Crippen LogP contribution is 2.14. The predicted molar refractivity (Wildman–Crippen MR) is 94.7 cm³/mol. The summed E-state index contributed by atoms with van der Waals surface area (Å²) in [4.78, 5) is 24.5. The number of hydrogen-bond acceptors (Lipinski definition) is 6. The lowest BCUT2D eigenvalue weighted by atomic mass is 10.1. The number of benzene rings is 1. The van der Waals surface area contributed by atoms with Crippen molar-refractivity contribution in [3.05, 3.63) is 52.3 Å². The maximum atomic E-state index is 12.1. The summed E-state index contributed by atoms with van der Waals surface area (Å²) < 4.78 is 6.74. The summed E-state index contributed by atoms with van der Waals surface area (Å²) in [6.45, 7) is 4.43. The van der Waals surface area contributed by atoms with Gasteiger partial charge in [0.2, 0.25) is 5.91 Å². The molecule has 9 nitrogen and oxygen atoms in total. The zero-order chi connectivity index (χ0) is 18.4. The second-order valence-corrected chi connectivity index (χ2v) is 6.11. The molecule has 0 saturated carbocycles. The van der Waals surface area contributed by atoms with Crippen molar-refractivity contribution < 1.29 is 14.5 Å². The molecule has 0 unspecified atom stereocenters. The lowest BCUT2D eigenvalue weighted by Gasteiger charge is -2.26. The number of anilines is 1. The number of hydrogen-bond donors (Lipinski definition) is 1. The standard InChI is InChI=1S/C17H21N5O4/c23-17(4-5-21-13-16(11-18-21)22(24)25)19-15-3-1-2-14(10-15)12-20-6-8-26-9-7-20/h1-3,10-11,13H,4-9,12H2,(H,19,23). The molecule has 1 fully saturated rings. The molecule has 2 heterocycles. The van der Waals surface area contributed by atoms with Gasteiger partial charge in [-0.3, -0.25) is 24.5 Å². The fourth-order valence-corrected chi connectivity index (χ4v) is 2.77. The van der Waals surface area contributed by atoms with E-state index >= 15 is 0 Å². The fraction of sp³-hybridized carbons (Fsp3) is 0.412. The van der Waals surface area contributed by atoms with Crippen molar-refractivity contribution in [1.29, 1.82) is 0 Å². The van der Waals surface area contributed by atoms with Crippen molar-refractivity contribution in [3.8, 4) is 0 Å². The molecule has 2 aromatic rings. The summed E-state index contributed by atoms with van der Waals surface area (Å²) >= 11 is 0. The number of morpholine rings is 1. The van der Waals surface area contributed by atoms with Gasteiger partial charge in [0.05, 0.1) is 18.1 Å². The Labute approximate surface area is 150 Å². The van der Waals surface area contributed by atoms with Gasteiger partial charge in [0, 0.05) is 38.3 Å². The number of aromatic nitrogens is 2. The van der Waals surface area contributed by atoms with E-state index in [1.807, 2.05) is 24.3 Å². The predicted octanol–water partition coefficient (Wildman–Crippen LogP) is 1.65. The quantitative estimate of drug-likeness (QED) is 0.596. The third kappa shape index (κ3) is 5.11. The molecule has 1 aliphatic rings. The van der Waals surface area contributed by atoms with E-state index in [4.69, 9.17) is 4.74 Å². The molecule has 138 valence electrons. The first kappa shape index (κ1) is 18.0. The summed E-state index contributed by atoms with van der Waals surface area (Å²) in [5.74, 6) is -0.160. The van der Waals surface area contributed by atoms with E-state index in [2.05, 4.69) is 15.3 Å². The van der Waals surface area contributed by atoms with E-state index in [0.717, 1.165) is 44.1 Å². The Balaban J connectivity index is 1.50. The van der Waals surface area contributed by atoms with Crippen LogP contribution in [0.25, 0.3) is 0 Å². The van der Waals surface area contributed by atoms with E-state index in [1.54, 1.807) is 0 Å². The number of ether oxygens (including phenoxy) is 1. The smallest absolute Gasteiger partial charge is 0.306 e. The van der Waals surface area contributed by atoms with E-state index in [-0.39, 0.29) is 24.6 Å². The van der Waals surface area contributed by atoms with Crippen LogP contribution in [0.3, 0.4) is 0 Å². The zero-order valence-electron chi connectivity index (χ0n) is 14.3. The Kier molecular flexibility index (Phi) is 5.92. The number of nitrogens with zero attached hydrogens (tertiary/aromatic N) is 4. The van der Waals surface area contributed by atoms with E-state index in [9.17, 15) is 14.9 Å². The Bertz CT molecular complexity index is 770. The van der Waals surface area contributed by atoms with Gasteiger partial charge in [-0.2, -0.15) is 5.10 Å². The number of nitro groups is 1. The summed E-state index contributed by atoms with van der Waals surface area (Å²) in [6.07, 6.45) is 2.68. The molecule has 0 bridgehead atoms. The maximum Gasteiger partial charge on any atom is 0.306 e. The molecule has 9 heteroatoms. The SMILES string of the molecule is O=C(CCn1cc([N+](=O)[O-])cn1)Nc1cccc(CN2CCOCC2)c1. The molecule has 0 spiro atoms. The molecule has 1 aromatic heterocycles. The Morgan fingerprint density at radius 1 is 1.35 bits per heavy atom. The number of carbonyl (C=O) groups is 1. The molecule has 0 radical (unpaired) electrons. The Morgan fingerprint density at radius 2 is 2.15 bits per heavy atom. The molecular weight excluding hydrogens is 338 g/mol. The number of amides is 1. The maximum absolute atomic E-state index is 12.1. The van der Waals surface area contributed by atoms with Crippen LogP contribution in [0, 0.1) is 10.1 Å². The molecule has 0 atom stereocenters. The minimum atomic E-state index is -0.510. The summed E-state index contributed by atoms with van der Waals surface area (Å²) in [5.41, 5.74) is 1.79. The first-order valence-corrected chi connectivity index (χ1v) is 8.46. The fourth-order valence-electron chi connectivity index (χ4n) is 2.77. The molecule has 1 saturated heterocycles. The highest BCUT2D eigenvalue weighted by Gasteiger charge is 2.12. The van der Waals surface area contributed by atoms with Crippen LogP contribution in [0.15, 0.2) is 36.7 Å². The molecule has 0 aliphatic carbocycles. The van der Waals surface area contributed by atoms with Gasteiger partial charge in [0.15, 0.2) is 0 Å². The zero-order valence-corrected chi connectivity index (χ0v) is 14.3. The van der Waals surface area contributed by atoms with Crippen LogP contribution in [-0.4, -0.2) is 51.8 Å². The number of rotatable bonds is 7. The van der Waals surface area contributed by atoms with Gasteiger partial charge in [-0.1, -0.05) is 12.1 Å².